The third kappa shape index (κ3) is 3.06. The van der Waals surface area contributed by atoms with E-state index in [1.165, 1.54) is 9.28 Å². The van der Waals surface area contributed by atoms with Crippen LogP contribution in [0.15, 0.2) is 46.7 Å². The number of nitrogens with zero attached hydrogens (tertiary/aromatic N) is 3. The normalized spacial score (nSPS) is 12.9. The number of pyridine rings is 1. The molecule has 114 valence electrons. The molecule has 0 bridgehead atoms. The summed E-state index contributed by atoms with van der Waals surface area (Å²) >= 11 is 7.65. The highest BCUT2D eigenvalue weighted by atomic mass is 35.5. The van der Waals surface area contributed by atoms with Crippen LogP contribution < -0.4 is 5.56 Å². The summed E-state index contributed by atoms with van der Waals surface area (Å²) < 4.78 is 1.47. The monoisotopic (exact) mass is 333 g/mol. The van der Waals surface area contributed by atoms with E-state index in [0.717, 1.165) is 5.69 Å². The van der Waals surface area contributed by atoms with E-state index in [-0.39, 0.29) is 11.6 Å². The maximum atomic E-state index is 12.2. The topological polar surface area (TPSA) is 37.6 Å². The van der Waals surface area contributed by atoms with Crippen LogP contribution in [0, 0.1) is 0 Å². The maximum Gasteiger partial charge on any atom is 0.258 e. The predicted octanol–water partition coefficient (Wildman–Crippen LogP) is 3.60. The molecule has 0 amide bonds. The van der Waals surface area contributed by atoms with Crippen molar-refractivity contribution < 1.29 is 0 Å². The zero-order valence-corrected chi connectivity index (χ0v) is 13.9. The van der Waals surface area contributed by atoms with Crippen LogP contribution in [-0.2, 0) is 6.54 Å². The second-order valence-electron chi connectivity index (χ2n) is 5.27. The summed E-state index contributed by atoms with van der Waals surface area (Å²) in [7, 11) is 2.04. The number of halogens is 1. The molecule has 0 aliphatic carbocycles. The number of hydrogen-bond donors (Lipinski definition) is 0. The fraction of sp³-hybridized carbons (Fsp3) is 0.250. The molecule has 1 atom stereocenters. The Morgan fingerprint density at radius 1 is 1.41 bits per heavy atom. The highest BCUT2D eigenvalue weighted by molar-refractivity contribution is 7.10. The molecular weight excluding hydrogens is 318 g/mol. The number of thiophene rings is 1. The van der Waals surface area contributed by atoms with Crippen molar-refractivity contribution in [3.63, 3.8) is 0 Å². The second kappa shape index (κ2) is 6.20. The second-order valence-corrected chi connectivity index (χ2v) is 6.68. The summed E-state index contributed by atoms with van der Waals surface area (Å²) in [6, 6.07) is 9.53. The fourth-order valence-corrected chi connectivity index (χ4v) is 3.35. The molecule has 0 fully saturated rings. The lowest BCUT2D eigenvalue weighted by Gasteiger charge is -2.23. The molecule has 0 aromatic carbocycles. The van der Waals surface area contributed by atoms with Gasteiger partial charge >= 0.3 is 0 Å². The summed E-state index contributed by atoms with van der Waals surface area (Å²) in [6.07, 6.45) is 1.59. The Hall–Kier alpha value is -1.69. The van der Waals surface area contributed by atoms with E-state index in [1.807, 2.05) is 7.05 Å². The lowest BCUT2D eigenvalue weighted by molar-refractivity contribution is 0.253. The Bertz CT molecular complexity index is 844. The molecule has 3 aromatic rings. The van der Waals surface area contributed by atoms with Gasteiger partial charge in [0.05, 0.1) is 10.7 Å². The van der Waals surface area contributed by atoms with Gasteiger partial charge in [-0.15, -0.1) is 11.3 Å². The number of fused-ring (bicyclic) bond motifs is 1. The van der Waals surface area contributed by atoms with Crippen molar-refractivity contribution in [2.24, 2.45) is 0 Å². The van der Waals surface area contributed by atoms with Crippen LogP contribution in [0.5, 0.6) is 0 Å². The van der Waals surface area contributed by atoms with Gasteiger partial charge in [0.1, 0.15) is 5.65 Å². The molecule has 22 heavy (non-hydrogen) atoms. The maximum absolute atomic E-state index is 12.2. The van der Waals surface area contributed by atoms with Crippen molar-refractivity contribution >= 4 is 28.6 Å². The molecule has 4 nitrogen and oxygen atoms in total. The lowest BCUT2D eigenvalue weighted by atomic mass is 10.2. The Balaban J connectivity index is 1.88. The smallest absolute Gasteiger partial charge is 0.258 e. The van der Waals surface area contributed by atoms with E-state index >= 15 is 0 Å². The van der Waals surface area contributed by atoms with Crippen molar-refractivity contribution in [2.75, 3.05) is 7.05 Å². The van der Waals surface area contributed by atoms with Gasteiger partial charge in [0.2, 0.25) is 0 Å². The van der Waals surface area contributed by atoms with Gasteiger partial charge in [-0.2, -0.15) is 0 Å². The van der Waals surface area contributed by atoms with E-state index < -0.39 is 0 Å². The minimum Gasteiger partial charge on any atom is -0.293 e. The van der Waals surface area contributed by atoms with Gasteiger partial charge in [-0.3, -0.25) is 14.1 Å². The minimum absolute atomic E-state index is 0.111. The molecule has 0 saturated carbocycles. The average molecular weight is 334 g/mol. The van der Waals surface area contributed by atoms with Crippen molar-refractivity contribution in [3.8, 4) is 0 Å². The first kappa shape index (κ1) is 15.2. The van der Waals surface area contributed by atoms with Crippen LogP contribution in [0.4, 0.5) is 0 Å². The summed E-state index contributed by atoms with van der Waals surface area (Å²) in [5.41, 5.74) is 1.27. The van der Waals surface area contributed by atoms with Crippen molar-refractivity contribution in [1.29, 1.82) is 0 Å². The summed E-state index contributed by atoms with van der Waals surface area (Å²) in [6.45, 7) is 2.77. The first-order valence-corrected chi connectivity index (χ1v) is 8.22. The Kier molecular flexibility index (Phi) is 4.29. The highest BCUT2D eigenvalue weighted by Crippen LogP contribution is 2.24. The molecule has 3 heterocycles. The van der Waals surface area contributed by atoms with Crippen LogP contribution in [0.1, 0.15) is 23.5 Å². The number of hydrogen-bond acceptors (Lipinski definition) is 4. The fourth-order valence-electron chi connectivity index (χ4n) is 2.35. The molecule has 6 heteroatoms. The van der Waals surface area contributed by atoms with Gasteiger partial charge in [0.25, 0.3) is 5.56 Å². The molecule has 3 rings (SSSR count). The predicted molar refractivity (Wildman–Crippen MR) is 90.7 cm³/mol. The van der Waals surface area contributed by atoms with E-state index in [0.29, 0.717) is 17.2 Å². The first-order valence-electron chi connectivity index (χ1n) is 6.96. The molecule has 0 aliphatic rings. The van der Waals surface area contributed by atoms with Crippen molar-refractivity contribution in [1.82, 2.24) is 14.3 Å². The zero-order valence-electron chi connectivity index (χ0n) is 12.4. The minimum atomic E-state index is -0.111. The van der Waals surface area contributed by atoms with E-state index in [4.69, 9.17) is 11.6 Å². The molecule has 0 saturated heterocycles. The third-order valence-electron chi connectivity index (χ3n) is 3.70. The molecule has 1 unspecified atom stereocenters. The molecule has 0 aliphatic heterocycles. The van der Waals surface area contributed by atoms with Crippen LogP contribution in [-0.4, -0.2) is 21.3 Å². The zero-order chi connectivity index (χ0) is 15.7. The Labute approximate surface area is 137 Å². The standard InChI is InChI=1S/C16H16ClN3OS/c1-11(14-4-3-7-22-14)19(2)10-13-8-16(21)20-9-12(17)5-6-15(20)18-13/h3-9,11H,10H2,1-2H3. The lowest BCUT2D eigenvalue weighted by Crippen LogP contribution is -2.24. The van der Waals surface area contributed by atoms with E-state index in [9.17, 15) is 4.79 Å². The molecule has 0 N–H and O–H groups in total. The third-order valence-corrected chi connectivity index (χ3v) is 4.97. The van der Waals surface area contributed by atoms with Gasteiger partial charge in [-0.1, -0.05) is 17.7 Å². The number of rotatable bonds is 4. The number of aromatic nitrogens is 2. The van der Waals surface area contributed by atoms with Crippen LogP contribution in [0.2, 0.25) is 5.02 Å². The Morgan fingerprint density at radius 2 is 2.23 bits per heavy atom. The summed E-state index contributed by atoms with van der Waals surface area (Å²) in [5.74, 6) is 0. The molecular formula is C16H16ClN3OS. The quantitative estimate of drug-likeness (QED) is 0.732. The van der Waals surface area contributed by atoms with Crippen LogP contribution >= 0.6 is 22.9 Å². The SMILES string of the molecule is CC(c1cccs1)N(C)Cc1cc(=O)n2cc(Cl)ccc2n1. The first-order chi connectivity index (χ1) is 10.5. The van der Waals surface area contributed by atoms with Crippen molar-refractivity contribution in [2.45, 2.75) is 19.5 Å². The van der Waals surface area contributed by atoms with E-state index in [2.05, 4.69) is 34.3 Å². The molecule has 0 spiro atoms. The molecule has 3 aromatic heterocycles. The largest absolute Gasteiger partial charge is 0.293 e. The van der Waals surface area contributed by atoms with Gasteiger partial charge in [0.15, 0.2) is 0 Å². The highest BCUT2D eigenvalue weighted by Gasteiger charge is 2.14. The Morgan fingerprint density at radius 3 is 2.95 bits per heavy atom. The van der Waals surface area contributed by atoms with Gasteiger partial charge in [0, 0.05) is 29.7 Å². The van der Waals surface area contributed by atoms with Gasteiger partial charge < -0.3 is 0 Å². The van der Waals surface area contributed by atoms with Crippen molar-refractivity contribution in [3.05, 3.63) is 67.9 Å². The van der Waals surface area contributed by atoms with Crippen LogP contribution in [0.25, 0.3) is 5.65 Å². The van der Waals surface area contributed by atoms with Gasteiger partial charge in [-0.25, -0.2) is 4.98 Å². The van der Waals surface area contributed by atoms with E-state index in [1.54, 1.807) is 35.7 Å². The average Bonchev–Trinajstić information content (AvgIpc) is 3.01. The van der Waals surface area contributed by atoms with Gasteiger partial charge in [-0.05, 0) is 37.6 Å². The molecule has 0 radical (unpaired) electrons. The van der Waals surface area contributed by atoms with Crippen LogP contribution in [0.3, 0.4) is 0 Å². The summed E-state index contributed by atoms with van der Waals surface area (Å²) in [5, 5.41) is 2.59. The summed E-state index contributed by atoms with van der Waals surface area (Å²) in [4.78, 5) is 20.2.